The summed E-state index contributed by atoms with van der Waals surface area (Å²) in [6.45, 7) is 3.78. The van der Waals surface area contributed by atoms with E-state index >= 15 is 0 Å². The number of carbonyl (C=O) groups is 1. The molecule has 14 heavy (non-hydrogen) atoms. The first-order valence-electron chi connectivity index (χ1n) is 4.43. The van der Waals surface area contributed by atoms with Crippen molar-refractivity contribution in [1.29, 1.82) is 0 Å². The van der Waals surface area contributed by atoms with Crippen LogP contribution in [0.25, 0.3) is 0 Å². The second-order valence-corrected chi connectivity index (χ2v) is 4.60. The third kappa shape index (κ3) is 3.77. The molecule has 1 rings (SSSR count). The van der Waals surface area contributed by atoms with Crippen molar-refractivity contribution in [3.05, 3.63) is 20.8 Å². The molecule has 0 aliphatic carbocycles. The van der Waals surface area contributed by atoms with Crippen LogP contribution >= 0.6 is 27.3 Å². The zero-order valence-electron chi connectivity index (χ0n) is 7.97. The van der Waals surface area contributed by atoms with Gasteiger partial charge in [-0.25, -0.2) is 0 Å². The van der Waals surface area contributed by atoms with Crippen molar-refractivity contribution >= 4 is 33.2 Å². The third-order valence-electron chi connectivity index (χ3n) is 1.67. The van der Waals surface area contributed by atoms with E-state index in [4.69, 9.17) is 0 Å². The molecule has 0 aromatic carbocycles. The van der Waals surface area contributed by atoms with E-state index in [0.29, 0.717) is 13.1 Å². The first-order valence-corrected chi connectivity index (χ1v) is 6.10. The second-order valence-electron chi connectivity index (χ2n) is 2.75. The monoisotopic (exact) mass is 276 g/mol. The topological polar surface area (TPSA) is 41.1 Å². The maximum Gasteiger partial charge on any atom is 0.234 e. The molecule has 0 saturated heterocycles. The highest BCUT2D eigenvalue weighted by Gasteiger charge is 2.03. The van der Waals surface area contributed by atoms with Crippen molar-refractivity contribution in [3.8, 4) is 0 Å². The number of hydrogen-bond acceptors (Lipinski definition) is 3. The van der Waals surface area contributed by atoms with Gasteiger partial charge in [0.1, 0.15) is 0 Å². The van der Waals surface area contributed by atoms with Crippen LogP contribution in [0.4, 0.5) is 0 Å². The van der Waals surface area contributed by atoms with Gasteiger partial charge in [0.2, 0.25) is 5.91 Å². The third-order valence-corrected chi connectivity index (χ3v) is 3.60. The van der Waals surface area contributed by atoms with Gasteiger partial charge in [-0.3, -0.25) is 4.79 Å². The van der Waals surface area contributed by atoms with Crippen molar-refractivity contribution in [2.24, 2.45) is 0 Å². The number of nitrogens with one attached hydrogen (secondary N) is 2. The fraction of sp³-hybridized carbons (Fsp3) is 0.444. The summed E-state index contributed by atoms with van der Waals surface area (Å²) in [5, 5.41) is 7.81. The molecule has 2 N–H and O–H groups in total. The minimum Gasteiger partial charge on any atom is -0.350 e. The predicted molar refractivity (Wildman–Crippen MR) is 62.4 cm³/mol. The molecular weight excluding hydrogens is 264 g/mol. The molecule has 0 atom stereocenters. The highest BCUT2D eigenvalue weighted by molar-refractivity contribution is 9.10. The Morgan fingerprint density at radius 1 is 1.64 bits per heavy atom. The van der Waals surface area contributed by atoms with Gasteiger partial charge in [-0.05, 0) is 33.9 Å². The summed E-state index contributed by atoms with van der Waals surface area (Å²) in [6, 6.07) is 1.98. The zero-order chi connectivity index (χ0) is 10.4. The molecule has 0 saturated carbocycles. The van der Waals surface area contributed by atoms with Gasteiger partial charge in [-0.2, -0.15) is 0 Å². The summed E-state index contributed by atoms with van der Waals surface area (Å²) >= 11 is 5.05. The molecule has 1 heterocycles. The van der Waals surface area contributed by atoms with E-state index in [9.17, 15) is 4.79 Å². The van der Waals surface area contributed by atoms with Crippen LogP contribution < -0.4 is 10.6 Å². The Balaban J connectivity index is 2.27. The number of likely N-dealkylation sites (N-methyl/N-ethyl adjacent to an activating group) is 1. The SMILES string of the molecule is CCNCC(=O)NCc1sccc1Br. The lowest BCUT2D eigenvalue weighted by molar-refractivity contribution is -0.120. The molecular formula is C9H13BrN2OS. The number of hydrogen-bond donors (Lipinski definition) is 2. The Bertz CT molecular complexity index is 301. The van der Waals surface area contributed by atoms with Gasteiger partial charge >= 0.3 is 0 Å². The minimum atomic E-state index is 0.0344. The molecule has 0 radical (unpaired) electrons. The van der Waals surface area contributed by atoms with Gasteiger partial charge in [-0.15, -0.1) is 11.3 Å². The maximum absolute atomic E-state index is 11.2. The first-order chi connectivity index (χ1) is 6.74. The second kappa shape index (κ2) is 6.16. The normalized spacial score (nSPS) is 10.1. The van der Waals surface area contributed by atoms with E-state index in [1.165, 1.54) is 0 Å². The van der Waals surface area contributed by atoms with Crippen LogP contribution in [-0.4, -0.2) is 19.0 Å². The summed E-state index contributed by atoms with van der Waals surface area (Å²) in [7, 11) is 0. The van der Waals surface area contributed by atoms with Gasteiger partial charge in [0.15, 0.2) is 0 Å². The summed E-state index contributed by atoms with van der Waals surface area (Å²) in [6.07, 6.45) is 0. The van der Waals surface area contributed by atoms with Crippen LogP contribution in [0.5, 0.6) is 0 Å². The van der Waals surface area contributed by atoms with Gasteiger partial charge < -0.3 is 10.6 Å². The van der Waals surface area contributed by atoms with Crippen LogP contribution in [0.3, 0.4) is 0 Å². The lowest BCUT2D eigenvalue weighted by atomic mass is 10.4. The van der Waals surface area contributed by atoms with E-state index < -0.39 is 0 Å². The molecule has 0 spiro atoms. The number of thiophene rings is 1. The molecule has 0 aliphatic rings. The van der Waals surface area contributed by atoms with E-state index in [2.05, 4.69) is 26.6 Å². The van der Waals surface area contributed by atoms with Crippen molar-refractivity contribution in [3.63, 3.8) is 0 Å². The first kappa shape index (κ1) is 11.7. The summed E-state index contributed by atoms with van der Waals surface area (Å²) in [4.78, 5) is 12.4. The lowest BCUT2D eigenvalue weighted by Gasteiger charge is -2.04. The fourth-order valence-electron chi connectivity index (χ4n) is 0.931. The fourth-order valence-corrected chi connectivity index (χ4v) is 2.36. The quantitative estimate of drug-likeness (QED) is 0.860. The minimum absolute atomic E-state index is 0.0344. The summed E-state index contributed by atoms with van der Waals surface area (Å²) in [5.74, 6) is 0.0344. The number of amides is 1. The van der Waals surface area contributed by atoms with E-state index in [1.807, 2.05) is 18.4 Å². The molecule has 1 amide bonds. The van der Waals surface area contributed by atoms with Crippen molar-refractivity contribution < 1.29 is 4.79 Å². The molecule has 78 valence electrons. The number of rotatable bonds is 5. The highest BCUT2D eigenvalue weighted by Crippen LogP contribution is 2.21. The smallest absolute Gasteiger partial charge is 0.234 e. The van der Waals surface area contributed by atoms with Crippen LogP contribution in [0.15, 0.2) is 15.9 Å². The zero-order valence-corrected chi connectivity index (χ0v) is 10.4. The largest absolute Gasteiger partial charge is 0.350 e. The van der Waals surface area contributed by atoms with Crippen LogP contribution in [0.2, 0.25) is 0 Å². The number of carbonyl (C=O) groups excluding carboxylic acids is 1. The summed E-state index contributed by atoms with van der Waals surface area (Å²) in [5.41, 5.74) is 0. The van der Waals surface area contributed by atoms with Crippen LogP contribution in [-0.2, 0) is 11.3 Å². The molecule has 3 nitrogen and oxygen atoms in total. The van der Waals surface area contributed by atoms with E-state index in [0.717, 1.165) is 15.9 Å². The predicted octanol–water partition coefficient (Wildman–Crippen LogP) is 1.74. The van der Waals surface area contributed by atoms with Gasteiger partial charge in [0, 0.05) is 9.35 Å². The Labute approximate surface area is 96.0 Å². The Morgan fingerprint density at radius 2 is 2.43 bits per heavy atom. The Kier molecular flexibility index (Phi) is 5.14. The van der Waals surface area contributed by atoms with Gasteiger partial charge in [0.05, 0.1) is 13.1 Å². The van der Waals surface area contributed by atoms with E-state index in [1.54, 1.807) is 11.3 Å². The average Bonchev–Trinajstić information content (AvgIpc) is 2.58. The average molecular weight is 277 g/mol. The van der Waals surface area contributed by atoms with Crippen LogP contribution in [0.1, 0.15) is 11.8 Å². The molecule has 0 bridgehead atoms. The maximum atomic E-state index is 11.2. The summed E-state index contributed by atoms with van der Waals surface area (Å²) < 4.78 is 1.06. The molecule has 5 heteroatoms. The lowest BCUT2D eigenvalue weighted by Crippen LogP contribution is -2.33. The molecule has 0 fully saturated rings. The van der Waals surface area contributed by atoms with Crippen molar-refractivity contribution in [2.75, 3.05) is 13.1 Å². The standard InChI is InChI=1S/C9H13BrN2OS/c1-2-11-6-9(13)12-5-8-7(10)3-4-14-8/h3-4,11H,2,5-6H2,1H3,(H,12,13). The Morgan fingerprint density at radius 3 is 3.00 bits per heavy atom. The Hall–Kier alpha value is -0.390. The number of halogens is 1. The van der Waals surface area contributed by atoms with E-state index in [-0.39, 0.29) is 5.91 Å². The molecule has 1 aromatic rings. The molecule has 0 aliphatic heterocycles. The van der Waals surface area contributed by atoms with Crippen molar-refractivity contribution in [2.45, 2.75) is 13.5 Å². The highest BCUT2D eigenvalue weighted by atomic mass is 79.9. The molecule has 0 unspecified atom stereocenters. The van der Waals surface area contributed by atoms with Gasteiger partial charge in [-0.1, -0.05) is 6.92 Å². The van der Waals surface area contributed by atoms with Crippen LogP contribution in [0, 0.1) is 0 Å². The molecule has 1 aromatic heterocycles. The van der Waals surface area contributed by atoms with Gasteiger partial charge in [0.25, 0.3) is 0 Å². The van der Waals surface area contributed by atoms with Crippen molar-refractivity contribution in [1.82, 2.24) is 10.6 Å².